The number of aromatic nitrogens is 1. The first-order valence-electron chi connectivity index (χ1n) is 9.02. The first-order chi connectivity index (χ1) is 14.6. The Balaban J connectivity index is 1.93. The number of aliphatic hydroxyl groups is 1. The van der Waals surface area contributed by atoms with Gasteiger partial charge in [0.1, 0.15) is 16.5 Å². The van der Waals surface area contributed by atoms with E-state index >= 15 is 0 Å². The molecule has 0 saturated carbocycles. The summed E-state index contributed by atoms with van der Waals surface area (Å²) in [5.41, 5.74) is -0.254. The molecule has 1 heterocycles. The molecule has 12 heteroatoms. The maximum atomic E-state index is 14.9. The van der Waals surface area contributed by atoms with E-state index in [9.17, 15) is 14.3 Å². The zero-order valence-corrected chi connectivity index (χ0v) is 18.4. The van der Waals surface area contributed by atoms with Gasteiger partial charge < -0.3 is 25.2 Å². The van der Waals surface area contributed by atoms with Crippen LogP contribution in [0, 0.1) is 5.82 Å². The Morgan fingerprint density at radius 3 is 2.68 bits per heavy atom. The van der Waals surface area contributed by atoms with Crippen molar-refractivity contribution in [2.45, 2.75) is 5.52 Å². The minimum Gasteiger partial charge on any atom is -0.496 e. The molecular weight excluding hydrogens is 442 g/mol. The van der Waals surface area contributed by atoms with Crippen molar-refractivity contribution in [3.8, 4) is 17.2 Å². The molecule has 31 heavy (non-hydrogen) atoms. The van der Waals surface area contributed by atoms with Gasteiger partial charge in [0.15, 0.2) is 38.7 Å². The maximum absolute atomic E-state index is 14.9. The second-order valence-electron chi connectivity index (χ2n) is 7.02. The van der Waals surface area contributed by atoms with E-state index in [0.717, 1.165) is 0 Å². The molecule has 0 spiro atoms. The topological polar surface area (TPSA) is 92.7 Å². The number of hydrogen-bond donors (Lipinski definition) is 3. The van der Waals surface area contributed by atoms with E-state index < -0.39 is 11.3 Å². The van der Waals surface area contributed by atoms with Crippen molar-refractivity contribution in [1.29, 1.82) is 0 Å². The van der Waals surface area contributed by atoms with Crippen molar-refractivity contribution in [3.05, 3.63) is 52.9 Å². The molecule has 0 atom stereocenters. The average molecular weight is 460 g/mol. The number of rotatable bonds is 6. The number of nitrogens with one attached hydrogen (secondary N) is 2. The molecule has 0 radical (unpaired) electrons. The summed E-state index contributed by atoms with van der Waals surface area (Å²) in [6.45, 7) is 0. The van der Waals surface area contributed by atoms with Gasteiger partial charge in [-0.05, 0) is 36.5 Å². The molecule has 0 aliphatic rings. The van der Waals surface area contributed by atoms with Gasteiger partial charge in [0.2, 0.25) is 0 Å². The molecule has 0 bridgehead atoms. The molecule has 7 nitrogen and oxygen atoms in total. The van der Waals surface area contributed by atoms with Crippen molar-refractivity contribution >= 4 is 67.5 Å². The van der Waals surface area contributed by atoms with Crippen molar-refractivity contribution in [2.75, 3.05) is 12.4 Å². The van der Waals surface area contributed by atoms with E-state index in [1.807, 2.05) is 0 Å². The molecule has 0 aliphatic heterocycles. The third kappa shape index (κ3) is 5.25. The van der Waals surface area contributed by atoms with E-state index in [1.165, 1.54) is 41.1 Å². The molecule has 3 aromatic rings. The summed E-state index contributed by atoms with van der Waals surface area (Å²) in [5, 5.41) is 15.4. The highest BCUT2D eigenvalue weighted by Crippen LogP contribution is 2.37. The smallest absolute Gasteiger partial charge is 0.186 e. The van der Waals surface area contributed by atoms with Gasteiger partial charge in [-0.15, -0.1) is 0 Å². The quantitative estimate of drug-likeness (QED) is 0.222. The Kier molecular flexibility index (Phi) is 6.68. The first-order valence-corrected chi connectivity index (χ1v) is 9.81. The number of hydrogen-bond acceptors (Lipinski definition) is 6. The van der Waals surface area contributed by atoms with Gasteiger partial charge in [-0.3, -0.25) is 9.78 Å². The highest BCUT2D eigenvalue weighted by atomic mass is 35.5. The number of aldehydes is 1. The fraction of sp³-hybridized carbons (Fsp3) is 0.105. The van der Waals surface area contributed by atoms with Crippen LogP contribution < -0.4 is 20.1 Å². The molecule has 2 aromatic carbocycles. The number of fused-ring (bicyclic) bond motifs is 1. The highest BCUT2D eigenvalue weighted by molar-refractivity contribution is 7.80. The van der Waals surface area contributed by atoms with Crippen LogP contribution >= 0.6 is 23.8 Å². The van der Waals surface area contributed by atoms with Crippen LogP contribution in [0.1, 0.15) is 10.4 Å². The second-order valence-corrected chi connectivity index (χ2v) is 7.80. The summed E-state index contributed by atoms with van der Waals surface area (Å²) >= 11 is 11.2. The minimum absolute atomic E-state index is 0.0675. The molecule has 0 amide bonds. The monoisotopic (exact) mass is 459 g/mol. The third-order valence-corrected chi connectivity index (χ3v) is 4.69. The minimum atomic E-state index is -1.26. The normalized spacial score (nSPS) is 11.1. The van der Waals surface area contributed by atoms with Crippen LogP contribution in [-0.4, -0.2) is 49.8 Å². The number of halogens is 2. The second kappa shape index (κ2) is 9.09. The number of carbonyl (C=O) groups excluding carboxylic acids is 1. The molecule has 0 unspecified atom stereocenters. The number of carbonyl (C=O) groups is 1. The van der Waals surface area contributed by atoms with E-state index in [1.54, 1.807) is 18.2 Å². The fourth-order valence-corrected chi connectivity index (χ4v) is 3.34. The molecule has 0 aliphatic carbocycles. The Labute approximate surface area is 189 Å². The molecule has 1 aromatic heterocycles. The van der Waals surface area contributed by atoms with Crippen LogP contribution in [0.2, 0.25) is 5.02 Å². The van der Waals surface area contributed by atoms with E-state index in [2.05, 4.69) is 15.6 Å². The fourth-order valence-electron chi connectivity index (χ4n) is 2.78. The van der Waals surface area contributed by atoms with Gasteiger partial charge >= 0.3 is 0 Å². The molecule has 0 fully saturated rings. The molecular formula is C19H17B2ClFN3O4S. The zero-order valence-electron chi connectivity index (χ0n) is 16.8. The largest absolute Gasteiger partial charge is 0.496 e. The van der Waals surface area contributed by atoms with E-state index in [0.29, 0.717) is 28.5 Å². The SMILES string of the molecule is BC(B)(O)NC(=S)Nc1ccc(Oc2ccnc3cc(OC)c(C=O)cc23)c(F)c1Cl. The highest BCUT2D eigenvalue weighted by Gasteiger charge is 2.18. The lowest BCUT2D eigenvalue weighted by atomic mass is 9.73. The summed E-state index contributed by atoms with van der Waals surface area (Å²) in [4.78, 5) is 15.6. The maximum Gasteiger partial charge on any atom is 0.186 e. The molecule has 3 N–H and O–H groups in total. The van der Waals surface area contributed by atoms with Crippen molar-refractivity contribution in [3.63, 3.8) is 0 Å². The van der Waals surface area contributed by atoms with Crippen LogP contribution in [0.25, 0.3) is 10.9 Å². The summed E-state index contributed by atoms with van der Waals surface area (Å²) < 4.78 is 25.8. The number of benzene rings is 2. The van der Waals surface area contributed by atoms with E-state index in [-0.39, 0.29) is 27.3 Å². The number of methoxy groups -OCH3 is 1. The lowest BCUT2D eigenvalue weighted by molar-refractivity contribution is 0.112. The zero-order chi connectivity index (χ0) is 22.8. The third-order valence-electron chi connectivity index (χ3n) is 4.11. The number of ether oxygens (including phenoxy) is 2. The Morgan fingerprint density at radius 2 is 2.03 bits per heavy atom. The first kappa shape index (κ1) is 22.8. The van der Waals surface area contributed by atoms with Crippen LogP contribution in [-0.2, 0) is 0 Å². The average Bonchev–Trinajstić information content (AvgIpc) is 2.71. The lowest BCUT2D eigenvalue weighted by Gasteiger charge is -2.22. The molecule has 3 rings (SSSR count). The number of thiocarbonyl (C=S) groups is 1. The summed E-state index contributed by atoms with van der Waals surface area (Å²) in [6, 6.07) is 7.57. The van der Waals surface area contributed by atoms with Gasteiger partial charge in [-0.25, -0.2) is 4.39 Å². The predicted octanol–water partition coefficient (Wildman–Crippen LogP) is 1.80. The predicted molar refractivity (Wildman–Crippen MR) is 127 cm³/mol. The summed E-state index contributed by atoms with van der Waals surface area (Å²) in [7, 11) is 4.46. The van der Waals surface area contributed by atoms with Gasteiger partial charge in [-0.2, -0.15) is 0 Å². The number of nitrogens with zero attached hydrogens (tertiary/aromatic N) is 1. The molecule has 0 saturated heterocycles. The van der Waals surface area contributed by atoms with Gasteiger partial charge in [-0.1, -0.05) is 11.6 Å². The number of anilines is 1. The van der Waals surface area contributed by atoms with Crippen molar-refractivity contribution in [1.82, 2.24) is 10.3 Å². The number of pyridine rings is 1. The van der Waals surface area contributed by atoms with Crippen LogP contribution in [0.15, 0.2) is 36.5 Å². The summed E-state index contributed by atoms with van der Waals surface area (Å²) in [6.07, 6.45) is 2.14. The van der Waals surface area contributed by atoms with Gasteiger partial charge in [0, 0.05) is 17.6 Å². The summed E-state index contributed by atoms with van der Waals surface area (Å²) in [5.74, 6) is -0.294. The van der Waals surface area contributed by atoms with Crippen molar-refractivity contribution in [2.24, 2.45) is 0 Å². The van der Waals surface area contributed by atoms with Gasteiger partial charge in [0.25, 0.3) is 0 Å². The Morgan fingerprint density at radius 1 is 1.29 bits per heavy atom. The van der Waals surface area contributed by atoms with Crippen LogP contribution in [0.4, 0.5) is 10.1 Å². The lowest BCUT2D eigenvalue weighted by Crippen LogP contribution is -2.51. The Bertz CT molecular complexity index is 1180. The molecule has 158 valence electrons. The van der Waals surface area contributed by atoms with Crippen LogP contribution in [0.5, 0.6) is 17.2 Å². The van der Waals surface area contributed by atoms with Crippen LogP contribution in [0.3, 0.4) is 0 Å². The van der Waals surface area contributed by atoms with E-state index in [4.69, 9.17) is 33.3 Å². The van der Waals surface area contributed by atoms with Crippen molar-refractivity contribution < 1.29 is 23.8 Å². The Hall–Kier alpha value is -2.88. The van der Waals surface area contributed by atoms with Gasteiger partial charge in [0.05, 0.1) is 29.4 Å². The standard InChI is InChI=1S/C19H17B2ClFN3O4S/c1-29-15-7-12-10(6-9(15)8-27)13(4-5-24-12)30-14-3-2-11(16(22)17(14)23)25-18(31)26-19(20,21)28/h2-8,28H,20-21H2,1H3,(H2,25,26,31).